The quantitative estimate of drug-likeness (QED) is 0.626. The van der Waals surface area contributed by atoms with E-state index in [0.29, 0.717) is 11.4 Å². The summed E-state index contributed by atoms with van der Waals surface area (Å²) in [6, 6.07) is 19.4. The Bertz CT molecular complexity index is 1020. The van der Waals surface area contributed by atoms with Crippen molar-refractivity contribution in [3.05, 3.63) is 89.7 Å². The van der Waals surface area contributed by atoms with Crippen LogP contribution in [0.25, 0.3) is 0 Å². The van der Waals surface area contributed by atoms with E-state index in [1.165, 1.54) is 22.5 Å². The summed E-state index contributed by atoms with van der Waals surface area (Å²) >= 11 is 0. The molecule has 140 valence electrons. The molecule has 0 radical (unpaired) electrons. The zero-order chi connectivity index (χ0) is 19.4. The second-order valence-electron chi connectivity index (χ2n) is 6.15. The zero-order valence-corrected chi connectivity index (χ0v) is 15.9. The van der Waals surface area contributed by atoms with Crippen molar-refractivity contribution >= 4 is 15.7 Å². The zero-order valence-electron chi connectivity index (χ0n) is 15.1. The molecule has 0 aliphatic rings. The van der Waals surface area contributed by atoms with Crippen LogP contribution in [0.3, 0.4) is 0 Å². The van der Waals surface area contributed by atoms with Crippen molar-refractivity contribution in [2.75, 3.05) is 11.4 Å². The monoisotopic (exact) mass is 385 g/mol. The highest BCUT2D eigenvalue weighted by molar-refractivity contribution is 7.92. The van der Waals surface area contributed by atoms with E-state index in [1.807, 2.05) is 31.2 Å². The van der Waals surface area contributed by atoms with Crippen LogP contribution in [0.1, 0.15) is 11.1 Å². The average molecular weight is 385 g/mol. The molecule has 3 rings (SSSR count). The number of aryl methyl sites for hydroxylation is 1. The van der Waals surface area contributed by atoms with E-state index < -0.39 is 15.8 Å². The molecule has 27 heavy (non-hydrogen) atoms. The molecule has 0 amide bonds. The molecule has 0 fully saturated rings. The normalized spacial score (nSPS) is 11.2. The minimum absolute atomic E-state index is 0.0922. The minimum Gasteiger partial charge on any atom is -0.497 e. The van der Waals surface area contributed by atoms with Gasteiger partial charge in [-0.1, -0.05) is 35.9 Å². The van der Waals surface area contributed by atoms with Gasteiger partial charge < -0.3 is 4.74 Å². The van der Waals surface area contributed by atoms with E-state index in [2.05, 4.69) is 0 Å². The standard InChI is InChI=1S/C21H20FNO3S/c1-16-6-8-17(9-7-16)15-23(19-10-12-20(26-2)13-11-19)27(24,25)21-5-3-4-18(22)14-21/h3-14H,15H2,1-2H3. The van der Waals surface area contributed by atoms with Crippen molar-refractivity contribution in [3.63, 3.8) is 0 Å². The number of nitrogens with zero attached hydrogens (tertiary/aromatic N) is 1. The molecular formula is C21H20FNO3S. The molecule has 0 aliphatic heterocycles. The van der Waals surface area contributed by atoms with Gasteiger partial charge >= 0.3 is 0 Å². The lowest BCUT2D eigenvalue weighted by molar-refractivity contribution is 0.415. The Balaban J connectivity index is 2.06. The first-order valence-corrected chi connectivity index (χ1v) is 9.82. The van der Waals surface area contributed by atoms with Crippen molar-refractivity contribution in [3.8, 4) is 5.75 Å². The summed E-state index contributed by atoms with van der Waals surface area (Å²) < 4.78 is 46.5. The molecule has 3 aromatic carbocycles. The molecule has 0 atom stereocenters. The number of rotatable bonds is 6. The largest absolute Gasteiger partial charge is 0.497 e. The Labute approximate surface area is 158 Å². The van der Waals surface area contributed by atoms with E-state index in [1.54, 1.807) is 31.4 Å². The van der Waals surface area contributed by atoms with Gasteiger partial charge in [0.05, 0.1) is 24.2 Å². The Morgan fingerprint density at radius 1 is 0.963 bits per heavy atom. The highest BCUT2D eigenvalue weighted by Gasteiger charge is 2.25. The number of sulfonamides is 1. The Hall–Kier alpha value is -2.86. The van der Waals surface area contributed by atoms with Crippen LogP contribution in [-0.4, -0.2) is 15.5 Å². The topological polar surface area (TPSA) is 46.6 Å². The summed E-state index contributed by atoms with van der Waals surface area (Å²) in [6.45, 7) is 2.10. The van der Waals surface area contributed by atoms with E-state index >= 15 is 0 Å². The summed E-state index contributed by atoms with van der Waals surface area (Å²) in [5.41, 5.74) is 2.39. The predicted molar refractivity (Wildman–Crippen MR) is 104 cm³/mol. The second-order valence-corrected chi connectivity index (χ2v) is 8.01. The fraction of sp³-hybridized carbons (Fsp3) is 0.143. The number of halogens is 1. The number of benzene rings is 3. The van der Waals surface area contributed by atoms with Crippen LogP contribution in [0, 0.1) is 12.7 Å². The van der Waals surface area contributed by atoms with E-state index in [0.717, 1.165) is 17.2 Å². The van der Waals surface area contributed by atoms with Crippen LogP contribution in [0.2, 0.25) is 0 Å². The molecular weight excluding hydrogens is 365 g/mol. The molecule has 4 nitrogen and oxygen atoms in total. The van der Waals surface area contributed by atoms with Gasteiger partial charge in [-0.25, -0.2) is 12.8 Å². The molecule has 0 bridgehead atoms. The van der Waals surface area contributed by atoms with E-state index in [9.17, 15) is 12.8 Å². The first kappa shape index (κ1) is 18.9. The van der Waals surface area contributed by atoms with Crippen LogP contribution in [0.5, 0.6) is 5.75 Å². The minimum atomic E-state index is -3.95. The smallest absolute Gasteiger partial charge is 0.264 e. The molecule has 6 heteroatoms. The van der Waals surface area contributed by atoms with Gasteiger partial charge in [-0.15, -0.1) is 0 Å². The van der Waals surface area contributed by atoms with Crippen molar-refractivity contribution in [1.82, 2.24) is 0 Å². The Morgan fingerprint density at radius 2 is 1.63 bits per heavy atom. The SMILES string of the molecule is COc1ccc(N(Cc2ccc(C)cc2)S(=O)(=O)c2cccc(F)c2)cc1. The summed E-state index contributed by atoms with van der Waals surface area (Å²) in [4.78, 5) is -0.0922. The molecule has 0 heterocycles. The maximum Gasteiger partial charge on any atom is 0.264 e. The predicted octanol–water partition coefficient (Wildman–Crippen LogP) is 4.54. The maximum atomic E-state index is 13.6. The van der Waals surface area contributed by atoms with Gasteiger partial charge in [0.1, 0.15) is 11.6 Å². The van der Waals surface area contributed by atoms with Crippen molar-refractivity contribution < 1.29 is 17.5 Å². The molecule has 0 saturated carbocycles. The molecule has 0 N–H and O–H groups in total. The Kier molecular flexibility index (Phi) is 5.46. The third-order valence-corrected chi connectivity index (χ3v) is 5.96. The van der Waals surface area contributed by atoms with Gasteiger partial charge in [-0.3, -0.25) is 4.31 Å². The number of hydrogen-bond donors (Lipinski definition) is 0. The van der Waals surface area contributed by atoms with Gasteiger partial charge in [0.25, 0.3) is 10.0 Å². The lowest BCUT2D eigenvalue weighted by Crippen LogP contribution is -2.30. The summed E-state index contributed by atoms with van der Waals surface area (Å²) in [6.07, 6.45) is 0. The number of hydrogen-bond acceptors (Lipinski definition) is 3. The third-order valence-electron chi connectivity index (χ3n) is 4.19. The van der Waals surface area contributed by atoms with E-state index in [4.69, 9.17) is 4.74 Å². The fourth-order valence-electron chi connectivity index (χ4n) is 2.68. The van der Waals surface area contributed by atoms with Gasteiger partial charge in [0, 0.05) is 0 Å². The summed E-state index contributed by atoms with van der Waals surface area (Å²) in [7, 11) is -2.41. The molecule has 0 saturated heterocycles. The molecule has 0 spiro atoms. The highest BCUT2D eigenvalue weighted by atomic mass is 32.2. The Morgan fingerprint density at radius 3 is 2.22 bits per heavy atom. The lowest BCUT2D eigenvalue weighted by Gasteiger charge is -2.25. The summed E-state index contributed by atoms with van der Waals surface area (Å²) in [5, 5.41) is 0. The van der Waals surface area contributed by atoms with Gasteiger partial charge in [0.2, 0.25) is 0 Å². The molecule has 3 aromatic rings. The first-order chi connectivity index (χ1) is 12.9. The van der Waals surface area contributed by atoms with Crippen LogP contribution >= 0.6 is 0 Å². The van der Waals surface area contributed by atoms with Crippen LogP contribution < -0.4 is 9.04 Å². The number of ether oxygens (including phenoxy) is 1. The average Bonchev–Trinajstić information content (AvgIpc) is 2.67. The number of anilines is 1. The van der Waals surface area contributed by atoms with Crippen LogP contribution in [0.15, 0.2) is 77.7 Å². The highest BCUT2D eigenvalue weighted by Crippen LogP contribution is 2.28. The second kappa shape index (κ2) is 7.80. The van der Waals surface area contributed by atoms with Gasteiger partial charge in [-0.2, -0.15) is 0 Å². The molecule has 0 unspecified atom stereocenters. The summed E-state index contributed by atoms with van der Waals surface area (Å²) in [5.74, 6) is 0.0262. The first-order valence-electron chi connectivity index (χ1n) is 8.38. The number of methoxy groups -OCH3 is 1. The molecule has 0 aromatic heterocycles. The fourth-order valence-corrected chi connectivity index (χ4v) is 4.16. The van der Waals surface area contributed by atoms with Crippen LogP contribution in [-0.2, 0) is 16.6 Å². The third kappa shape index (κ3) is 4.28. The molecule has 0 aliphatic carbocycles. The van der Waals surface area contributed by atoms with E-state index in [-0.39, 0.29) is 11.4 Å². The van der Waals surface area contributed by atoms with Gasteiger partial charge in [0.15, 0.2) is 0 Å². The van der Waals surface area contributed by atoms with Gasteiger partial charge in [-0.05, 0) is 55.0 Å². The maximum absolute atomic E-state index is 13.6. The lowest BCUT2D eigenvalue weighted by atomic mass is 10.1. The van der Waals surface area contributed by atoms with Crippen molar-refractivity contribution in [1.29, 1.82) is 0 Å². The van der Waals surface area contributed by atoms with Crippen LogP contribution in [0.4, 0.5) is 10.1 Å². The van der Waals surface area contributed by atoms with Crippen molar-refractivity contribution in [2.24, 2.45) is 0 Å². The van der Waals surface area contributed by atoms with Crippen molar-refractivity contribution in [2.45, 2.75) is 18.4 Å².